The highest BCUT2D eigenvalue weighted by Crippen LogP contribution is 2.51. The monoisotopic (exact) mass is 433 g/mol. The number of aromatic nitrogens is 2. The van der Waals surface area contributed by atoms with E-state index in [9.17, 15) is 4.79 Å². The predicted molar refractivity (Wildman–Crippen MR) is 115 cm³/mol. The van der Waals surface area contributed by atoms with Gasteiger partial charge in [0, 0.05) is 36.6 Å². The summed E-state index contributed by atoms with van der Waals surface area (Å²) in [6.07, 6.45) is 8.57. The molecule has 1 saturated carbocycles. The van der Waals surface area contributed by atoms with Gasteiger partial charge in [-0.1, -0.05) is 35.3 Å². The number of nitrogens with zero attached hydrogens (tertiary/aromatic N) is 4. The van der Waals surface area contributed by atoms with Crippen LogP contribution in [-0.2, 0) is 5.54 Å². The molecular formula is C21H25Cl2N5O. The SMILES string of the molecule is CN1CCC(N(C)C(=O)NC2(c3ccc(-c4cncnc4)c(Cl)c3Cl)CC2)CC1. The minimum atomic E-state index is -0.441. The summed E-state index contributed by atoms with van der Waals surface area (Å²) in [6.45, 7) is 2.03. The zero-order valence-electron chi connectivity index (χ0n) is 16.7. The highest BCUT2D eigenvalue weighted by molar-refractivity contribution is 6.44. The van der Waals surface area contributed by atoms with Gasteiger partial charge in [0.2, 0.25) is 0 Å². The molecule has 2 aliphatic rings. The maximum Gasteiger partial charge on any atom is 0.318 e. The second kappa shape index (κ2) is 8.09. The molecule has 1 aromatic heterocycles. The van der Waals surface area contributed by atoms with Crippen molar-refractivity contribution < 1.29 is 4.79 Å². The maximum absolute atomic E-state index is 12.9. The fraction of sp³-hybridized carbons (Fsp3) is 0.476. The molecule has 1 aromatic carbocycles. The van der Waals surface area contributed by atoms with Crippen LogP contribution in [0.3, 0.4) is 0 Å². The molecule has 29 heavy (non-hydrogen) atoms. The van der Waals surface area contributed by atoms with Crippen molar-refractivity contribution >= 4 is 29.2 Å². The first-order chi connectivity index (χ1) is 13.9. The van der Waals surface area contributed by atoms with Crippen LogP contribution in [0.15, 0.2) is 30.9 Å². The Morgan fingerprint density at radius 2 is 1.83 bits per heavy atom. The molecule has 1 aliphatic heterocycles. The van der Waals surface area contributed by atoms with E-state index in [1.807, 2.05) is 24.1 Å². The quantitative estimate of drug-likeness (QED) is 0.785. The Bertz CT molecular complexity index is 895. The van der Waals surface area contributed by atoms with Gasteiger partial charge in [0.25, 0.3) is 0 Å². The van der Waals surface area contributed by atoms with Crippen molar-refractivity contribution in [3.8, 4) is 11.1 Å². The molecule has 2 fully saturated rings. The summed E-state index contributed by atoms with van der Waals surface area (Å²) < 4.78 is 0. The summed E-state index contributed by atoms with van der Waals surface area (Å²) in [5, 5.41) is 4.17. The molecule has 1 saturated heterocycles. The van der Waals surface area contributed by atoms with Gasteiger partial charge in [-0.05, 0) is 51.4 Å². The Labute approximate surface area is 181 Å². The number of likely N-dealkylation sites (tertiary alicyclic amines) is 1. The van der Waals surface area contributed by atoms with Gasteiger partial charge in [-0.25, -0.2) is 14.8 Å². The Kier molecular flexibility index (Phi) is 5.69. The van der Waals surface area contributed by atoms with Gasteiger partial charge in [0.15, 0.2) is 0 Å². The molecule has 154 valence electrons. The van der Waals surface area contributed by atoms with E-state index in [0.717, 1.165) is 55.5 Å². The van der Waals surface area contributed by atoms with Crippen LogP contribution in [0, 0.1) is 0 Å². The van der Waals surface area contributed by atoms with Gasteiger partial charge in [-0.15, -0.1) is 0 Å². The van der Waals surface area contributed by atoms with Crippen LogP contribution in [-0.4, -0.2) is 59.0 Å². The predicted octanol–water partition coefficient (Wildman–Crippen LogP) is 4.18. The summed E-state index contributed by atoms with van der Waals surface area (Å²) in [4.78, 5) is 25.2. The topological polar surface area (TPSA) is 61.4 Å². The molecule has 0 radical (unpaired) electrons. The van der Waals surface area contributed by atoms with Crippen molar-refractivity contribution in [2.75, 3.05) is 27.2 Å². The van der Waals surface area contributed by atoms with E-state index in [2.05, 4.69) is 27.2 Å². The number of hydrogen-bond donors (Lipinski definition) is 1. The van der Waals surface area contributed by atoms with E-state index in [-0.39, 0.29) is 12.1 Å². The first-order valence-corrected chi connectivity index (χ1v) is 10.6. The van der Waals surface area contributed by atoms with Gasteiger partial charge in [-0.3, -0.25) is 0 Å². The number of carbonyl (C=O) groups is 1. The molecule has 0 unspecified atom stereocenters. The number of halogens is 2. The first kappa shape index (κ1) is 20.4. The third kappa shape index (κ3) is 4.06. The smallest absolute Gasteiger partial charge is 0.318 e. The molecule has 6 nitrogen and oxygen atoms in total. The fourth-order valence-electron chi connectivity index (χ4n) is 4.01. The minimum absolute atomic E-state index is 0.0511. The Hall–Kier alpha value is -1.89. The number of piperidine rings is 1. The van der Waals surface area contributed by atoms with Crippen LogP contribution in [0.4, 0.5) is 4.79 Å². The standard InChI is InChI=1S/C21H25Cl2N5O/c1-27-9-5-15(6-10-27)28(2)20(29)26-21(7-8-21)17-4-3-16(18(22)19(17)23)14-11-24-13-25-12-14/h3-4,11-13,15H,5-10H2,1-2H3,(H,26,29). The zero-order chi connectivity index (χ0) is 20.6. The lowest BCUT2D eigenvalue weighted by molar-refractivity contribution is 0.144. The molecule has 1 aliphatic carbocycles. The van der Waals surface area contributed by atoms with Crippen molar-refractivity contribution in [1.29, 1.82) is 0 Å². The molecule has 1 N–H and O–H groups in total. The third-order valence-corrected chi connectivity index (χ3v) is 7.00. The van der Waals surface area contributed by atoms with Crippen LogP contribution < -0.4 is 5.32 Å². The molecule has 8 heteroatoms. The molecule has 4 rings (SSSR count). The molecule has 0 bridgehead atoms. The lowest BCUT2D eigenvalue weighted by Crippen LogP contribution is -2.50. The Morgan fingerprint density at radius 3 is 2.45 bits per heavy atom. The average Bonchev–Trinajstić information content (AvgIpc) is 3.50. The van der Waals surface area contributed by atoms with E-state index >= 15 is 0 Å². The Balaban J connectivity index is 1.52. The summed E-state index contributed by atoms with van der Waals surface area (Å²) in [5.74, 6) is 0. The lowest BCUT2D eigenvalue weighted by atomic mass is 10.00. The van der Waals surface area contributed by atoms with E-state index < -0.39 is 5.54 Å². The van der Waals surface area contributed by atoms with Crippen LogP contribution in [0.5, 0.6) is 0 Å². The van der Waals surface area contributed by atoms with Gasteiger partial charge in [0.1, 0.15) is 6.33 Å². The van der Waals surface area contributed by atoms with Crippen molar-refractivity contribution in [3.63, 3.8) is 0 Å². The van der Waals surface area contributed by atoms with E-state index in [1.165, 1.54) is 6.33 Å². The zero-order valence-corrected chi connectivity index (χ0v) is 18.2. The van der Waals surface area contributed by atoms with Crippen molar-refractivity contribution in [2.24, 2.45) is 0 Å². The van der Waals surface area contributed by atoms with Crippen LogP contribution in [0.25, 0.3) is 11.1 Å². The second-order valence-corrected chi connectivity index (χ2v) is 8.83. The number of rotatable bonds is 4. The summed E-state index contributed by atoms with van der Waals surface area (Å²) >= 11 is 13.2. The summed E-state index contributed by atoms with van der Waals surface area (Å²) in [5.41, 5.74) is 2.02. The number of hydrogen-bond acceptors (Lipinski definition) is 4. The molecule has 2 heterocycles. The molecule has 2 amide bonds. The van der Waals surface area contributed by atoms with Crippen LogP contribution >= 0.6 is 23.2 Å². The molecule has 0 atom stereocenters. The van der Waals surface area contributed by atoms with Gasteiger partial charge in [0.05, 0.1) is 15.6 Å². The van der Waals surface area contributed by atoms with Crippen LogP contribution in [0.1, 0.15) is 31.2 Å². The number of urea groups is 1. The average molecular weight is 434 g/mol. The van der Waals surface area contributed by atoms with Gasteiger partial charge < -0.3 is 15.1 Å². The third-order valence-electron chi connectivity index (χ3n) is 6.12. The lowest BCUT2D eigenvalue weighted by Gasteiger charge is -2.36. The molecule has 2 aromatic rings. The van der Waals surface area contributed by atoms with Gasteiger partial charge in [-0.2, -0.15) is 0 Å². The largest absolute Gasteiger partial charge is 0.328 e. The highest BCUT2D eigenvalue weighted by Gasteiger charge is 2.48. The van der Waals surface area contributed by atoms with Gasteiger partial charge >= 0.3 is 6.03 Å². The second-order valence-electron chi connectivity index (χ2n) is 8.07. The van der Waals surface area contributed by atoms with E-state index in [4.69, 9.17) is 23.2 Å². The maximum atomic E-state index is 12.9. The fourth-order valence-corrected chi connectivity index (χ4v) is 4.63. The van der Waals surface area contributed by atoms with Crippen molar-refractivity contribution in [2.45, 2.75) is 37.3 Å². The normalized spacial score (nSPS) is 19.0. The Morgan fingerprint density at radius 1 is 1.17 bits per heavy atom. The first-order valence-electron chi connectivity index (χ1n) is 9.89. The summed E-state index contributed by atoms with van der Waals surface area (Å²) in [7, 11) is 4.00. The minimum Gasteiger partial charge on any atom is -0.328 e. The molecular weight excluding hydrogens is 409 g/mol. The number of amides is 2. The van der Waals surface area contributed by atoms with E-state index in [1.54, 1.807) is 12.4 Å². The molecule has 0 spiro atoms. The number of benzene rings is 1. The highest BCUT2D eigenvalue weighted by atomic mass is 35.5. The summed E-state index contributed by atoms with van der Waals surface area (Å²) in [6, 6.07) is 4.10. The van der Waals surface area contributed by atoms with E-state index in [0.29, 0.717) is 10.0 Å². The van der Waals surface area contributed by atoms with Crippen molar-refractivity contribution in [3.05, 3.63) is 46.5 Å². The van der Waals surface area contributed by atoms with Crippen LogP contribution in [0.2, 0.25) is 10.0 Å². The van der Waals surface area contributed by atoms with Crippen molar-refractivity contribution in [1.82, 2.24) is 25.1 Å². The number of nitrogens with one attached hydrogen (secondary N) is 1. The number of carbonyl (C=O) groups excluding carboxylic acids is 1.